The molecule has 0 unspecified atom stereocenters. The Balaban J connectivity index is 1.38. The molecule has 0 spiro atoms. The van der Waals surface area contributed by atoms with Crippen LogP contribution in [0.1, 0.15) is 26.3 Å². The quantitative estimate of drug-likeness (QED) is 0.290. The van der Waals surface area contributed by atoms with Crippen LogP contribution in [-0.2, 0) is 0 Å². The third-order valence-electron chi connectivity index (χ3n) is 4.16. The lowest BCUT2D eigenvalue weighted by molar-refractivity contribution is 0.0734. The lowest BCUT2D eigenvalue weighted by Gasteiger charge is -2.06. The van der Waals surface area contributed by atoms with Crippen LogP contribution in [0.3, 0.4) is 0 Å². The molecule has 1 aliphatic heterocycles. The number of rotatable bonds is 5. The predicted octanol–water partition coefficient (Wildman–Crippen LogP) is 4.05. The van der Waals surface area contributed by atoms with E-state index in [0.29, 0.717) is 39.0 Å². The average molecular weight is 423 g/mol. The van der Waals surface area contributed by atoms with Crippen LogP contribution in [0.2, 0.25) is 5.02 Å². The van der Waals surface area contributed by atoms with Crippen LogP contribution in [-0.4, -0.2) is 24.9 Å². The second-order valence-electron chi connectivity index (χ2n) is 6.24. The molecule has 1 heterocycles. The molecular weight excluding hydrogens is 408 g/mol. The molecule has 4 rings (SSSR count). The number of fused-ring (bicyclic) bond motifs is 1. The first-order chi connectivity index (χ1) is 14.6. The average Bonchev–Trinajstić information content (AvgIpc) is 3.22. The zero-order valence-electron chi connectivity index (χ0n) is 15.5. The van der Waals surface area contributed by atoms with Gasteiger partial charge in [0, 0.05) is 10.6 Å². The van der Waals surface area contributed by atoms with Crippen LogP contribution in [0, 0.1) is 0 Å². The molecule has 0 bridgehead atoms. The van der Waals surface area contributed by atoms with E-state index in [1.165, 1.54) is 6.21 Å². The van der Waals surface area contributed by atoms with Crippen molar-refractivity contribution in [1.82, 2.24) is 5.43 Å². The minimum atomic E-state index is -0.529. The van der Waals surface area contributed by atoms with E-state index in [-0.39, 0.29) is 12.7 Å². The second-order valence-corrected chi connectivity index (χ2v) is 6.67. The number of hydrogen-bond donors (Lipinski definition) is 1. The summed E-state index contributed by atoms with van der Waals surface area (Å²) in [6.07, 6.45) is 1.45. The summed E-state index contributed by atoms with van der Waals surface area (Å²) in [7, 11) is 0. The normalized spacial score (nSPS) is 12.0. The number of hydrogen-bond acceptors (Lipinski definition) is 6. The van der Waals surface area contributed by atoms with Gasteiger partial charge in [0.15, 0.2) is 11.5 Å². The fourth-order valence-corrected chi connectivity index (χ4v) is 2.81. The van der Waals surface area contributed by atoms with Crippen molar-refractivity contribution in [2.24, 2.45) is 5.10 Å². The lowest BCUT2D eigenvalue weighted by atomic mass is 10.2. The van der Waals surface area contributed by atoms with Crippen LogP contribution < -0.4 is 19.6 Å². The summed E-state index contributed by atoms with van der Waals surface area (Å²) in [6.45, 7) is 0.129. The van der Waals surface area contributed by atoms with Crippen molar-refractivity contribution in [1.29, 1.82) is 0 Å². The fourth-order valence-electron chi connectivity index (χ4n) is 2.68. The highest BCUT2D eigenvalue weighted by Crippen LogP contribution is 2.32. The van der Waals surface area contributed by atoms with Gasteiger partial charge in [-0.2, -0.15) is 5.10 Å². The molecular formula is C22H15ClN2O5. The first kappa shape index (κ1) is 19.5. The van der Waals surface area contributed by atoms with Crippen LogP contribution in [0.25, 0.3) is 0 Å². The topological polar surface area (TPSA) is 86.2 Å². The van der Waals surface area contributed by atoms with Crippen LogP contribution >= 0.6 is 11.6 Å². The van der Waals surface area contributed by atoms with Crippen molar-refractivity contribution in [3.8, 4) is 17.2 Å². The molecule has 0 saturated heterocycles. The minimum Gasteiger partial charge on any atom is -0.454 e. The molecule has 0 atom stereocenters. The zero-order valence-corrected chi connectivity index (χ0v) is 16.3. The van der Waals surface area contributed by atoms with Gasteiger partial charge < -0.3 is 14.2 Å². The molecule has 1 aliphatic rings. The number of esters is 1. The number of hydrazone groups is 1. The Bertz CT molecular complexity index is 1130. The number of ether oxygens (including phenoxy) is 3. The molecule has 0 aromatic heterocycles. The largest absolute Gasteiger partial charge is 0.454 e. The maximum Gasteiger partial charge on any atom is 0.343 e. The van der Waals surface area contributed by atoms with Gasteiger partial charge in [0.05, 0.1) is 11.8 Å². The van der Waals surface area contributed by atoms with Crippen LogP contribution in [0.15, 0.2) is 71.8 Å². The summed E-state index contributed by atoms with van der Waals surface area (Å²) in [5.74, 6) is 0.532. The summed E-state index contributed by atoms with van der Waals surface area (Å²) in [4.78, 5) is 24.4. The number of amides is 1. The SMILES string of the molecule is O=C(N/N=C\c1cccc(OC(=O)c2ccc3c(c2)OCO3)c1)c1ccc(Cl)cc1. The third-order valence-corrected chi connectivity index (χ3v) is 4.42. The number of benzene rings is 3. The number of nitrogens with one attached hydrogen (secondary N) is 1. The number of nitrogens with zero attached hydrogens (tertiary/aromatic N) is 1. The maximum absolute atomic E-state index is 12.4. The van der Waals surface area contributed by atoms with Gasteiger partial charge >= 0.3 is 5.97 Å². The smallest absolute Gasteiger partial charge is 0.343 e. The lowest BCUT2D eigenvalue weighted by Crippen LogP contribution is -2.17. The van der Waals surface area contributed by atoms with Crippen molar-refractivity contribution < 1.29 is 23.8 Å². The molecule has 150 valence electrons. The summed E-state index contributed by atoms with van der Waals surface area (Å²) in [5.41, 5.74) is 3.85. The molecule has 30 heavy (non-hydrogen) atoms. The molecule has 8 heteroatoms. The van der Waals surface area contributed by atoms with Crippen molar-refractivity contribution in [3.63, 3.8) is 0 Å². The van der Waals surface area contributed by atoms with Crippen LogP contribution in [0.5, 0.6) is 17.2 Å². The molecule has 1 amide bonds. The van der Waals surface area contributed by atoms with Crippen molar-refractivity contribution in [3.05, 3.63) is 88.4 Å². The molecule has 3 aromatic carbocycles. The summed E-state index contributed by atoms with van der Waals surface area (Å²) < 4.78 is 15.9. The van der Waals surface area contributed by atoms with Gasteiger partial charge in [-0.15, -0.1) is 0 Å². The van der Waals surface area contributed by atoms with Crippen LogP contribution in [0.4, 0.5) is 0 Å². The van der Waals surface area contributed by atoms with E-state index < -0.39 is 5.97 Å². The van der Waals surface area contributed by atoms with Crippen molar-refractivity contribution in [2.45, 2.75) is 0 Å². The number of carbonyl (C=O) groups is 2. The van der Waals surface area contributed by atoms with E-state index >= 15 is 0 Å². The summed E-state index contributed by atoms with van der Waals surface area (Å²) >= 11 is 5.81. The highest BCUT2D eigenvalue weighted by Gasteiger charge is 2.17. The molecule has 0 radical (unpaired) electrons. The third kappa shape index (κ3) is 4.59. The standard InChI is InChI=1S/C22H15ClN2O5/c23-17-7-4-15(5-8-17)21(26)25-24-12-14-2-1-3-18(10-14)30-22(27)16-6-9-19-20(11-16)29-13-28-19/h1-12H,13H2,(H,25,26)/b24-12-. The van der Waals surface area contributed by atoms with E-state index in [2.05, 4.69) is 10.5 Å². The highest BCUT2D eigenvalue weighted by molar-refractivity contribution is 6.30. The Kier molecular flexibility index (Phi) is 5.63. The molecule has 0 saturated carbocycles. The summed E-state index contributed by atoms with van der Waals surface area (Å²) in [5, 5.41) is 4.47. The second kappa shape index (κ2) is 8.67. The van der Waals surface area contributed by atoms with E-state index in [1.54, 1.807) is 66.7 Å². The Labute approximate surface area is 176 Å². The molecule has 0 aliphatic carbocycles. The molecule has 0 fully saturated rings. The highest BCUT2D eigenvalue weighted by atomic mass is 35.5. The maximum atomic E-state index is 12.4. The van der Waals surface area contributed by atoms with Gasteiger partial charge in [-0.1, -0.05) is 23.7 Å². The van der Waals surface area contributed by atoms with Gasteiger partial charge in [0.2, 0.25) is 6.79 Å². The van der Waals surface area contributed by atoms with E-state index in [1.807, 2.05) is 0 Å². The monoisotopic (exact) mass is 422 g/mol. The fraction of sp³-hybridized carbons (Fsp3) is 0.0455. The number of carbonyl (C=O) groups excluding carboxylic acids is 2. The van der Waals surface area contributed by atoms with Gasteiger partial charge in [-0.3, -0.25) is 4.79 Å². The van der Waals surface area contributed by atoms with Gasteiger partial charge in [-0.05, 0) is 60.2 Å². The van der Waals surface area contributed by atoms with E-state index in [4.69, 9.17) is 25.8 Å². The Hall–Kier alpha value is -3.84. The Morgan fingerprint density at radius 2 is 1.73 bits per heavy atom. The Morgan fingerprint density at radius 3 is 2.57 bits per heavy atom. The molecule has 7 nitrogen and oxygen atoms in total. The Morgan fingerprint density at radius 1 is 0.967 bits per heavy atom. The van der Waals surface area contributed by atoms with Gasteiger partial charge in [-0.25, -0.2) is 10.2 Å². The van der Waals surface area contributed by atoms with Crippen molar-refractivity contribution in [2.75, 3.05) is 6.79 Å². The van der Waals surface area contributed by atoms with E-state index in [9.17, 15) is 9.59 Å². The summed E-state index contributed by atoms with van der Waals surface area (Å²) in [6, 6.07) is 18.0. The minimum absolute atomic E-state index is 0.129. The molecule has 1 N–H and O–H groups in total. The molecule has 3 aromatic rings. The first-order valence-electron chi connectivity index (χ1n) is 8.89. The first-order valence-corrected chi connectivity index (χ1v) is 9.27. The van der Waals surface area contributed by atoms with E-state index in [0.717, 1.165) is 0 Å². The predicted molar refractivity (Wildman–Crippen MR) is 110 cm³/mol. The zero-order chi connectivity index (χ0) is 20.9. The van der Waals surface area contributed by atoms with Gasteiger partial charge in [0.1, 0.15) is 5.75 Å². The van der Waals surface area contributed by atoms with Gasteiger partial charge in [0.25, 0.3) is 5.91 Å². The van der Waals surface area contributed by atoms with Crippen molar-refractivity contribution >= 4 is 29.7 Å². The number of halogens is 1.